The van der Waals surface area contributed by atoms with Crippen LogP contribution in [0.25, 0.3) is 0 Å². The Kier molecular flexibility index (Phi) is 3.93. The van der Waals surface area contributed by atoms with Gasteiger partial charge in [0.15, 0.2) is 0 Å². The lowest BCUT2D eigenvalue weighted by atomic mass is 10.1. The van der Waals surface area contributed by atoms with Gasteiger partial charge in [0.05, 0.1) is 16.6 Å². The average molecular weight is 395 g/mol. The van der Waals surface area contributed by atoms with Crippen molar-refractivity contribution in [1.82, 2.24) is 0 Å². The molecule has 0 saturated carbocycles. The second kappa shape index (κ2) is 5.65. The highest BCUT2D eigenvalue weighted by Gasteiger charge is 2.36. The molecule has 0 N–H and O–H groups in total. The van der Waals surface area contributed by atoms with Crippen LogP contribution in [0.3, 0.4) is 0 Å². The minimum atomic E-state index is -3.85. The molecule has 0 fully saturated rings. The molecular formula is C16H13BrNO4S-. The van der Waals surface area contributed by atoms with Crippen molar-refractivity contribution in [2.75, 3.05) is 4.31 Å². The van der Waals surface area contributed by atoms with Crippen molar-refractivity contribution in [3.8, 4) is 0 Å². The van der Waals surface area contributed by atoms with E-state index >= 15 is 0 Å². The summed E-state index contributed by atoms with van der Waals surface area (Å²) in [4.78, 5) is 11.1. The third-order valence-electron chi connectivity index (χ3n) is 3.86. The monoisotopic (exact) mass is 394 g/mol. The van der Waals surface area contributed by atoms with E-state index in [9.17, 15) is 18.3 Å². The van der Waals surface area contributed by atoms with Gasteiger partial charge in [-0.05, 0) is 43.2 Å². The van der Waals surface area contributed by atoms with E-state index in [1.54, 1.807) is 12.1 Å². The number of rotatable bonds is 3. The van der Waals surface area contributed by atoms with Crippen LogP contribution in [0.15, 0.2) is 51.8 Å². The molecule has 1 aliphatic heterocycles. The van der Waals surface area contributed by atoms with Gasteiger partial charge >= 0.3 is 0 Å². The zero-order valence-electron chi connectivity index (χ0n) is 12.2. The number of nitrogens with zero attached hydrogens (tertiary/aromatic N) is 1. The molecule has 0 bridgehead atoms. The summed E-state index contributed by atoms with van der Waals surface area (Å²) in [6.07, 6.45) is 0.624. The van der Waals surface area contributed by atoms with Crippen molar-refractivity contribution in [1.29, 1.82) is 0 Å². The van der Waals surface area contributed by atoms with Gasteiger partial charge in [-0.1, -0.05) is 34.1 Å². The van der Waals surface area contributed by atoms with Gasteiger partial charge in [-0.15, -0.1) is 0 Å². The Hall–Kier alpha value is -1.86. The Morgan fingerprint density at radius 2 is 1.96 bits per heavy atom. The lowest BCUT2D eigenvalue weighted by Gasteiger charge is -2.25. The fraction of sp³-hybridized carbons (Fsp3) is 0.188. The summed E-state index contributed by atoms with van der Waals surface area (Å²) in [6.45, 7) is 1.83. The molecule has 7 heteroatoms. The first kappa shape index (κ1) is 16.0. The van der Waals surface area contributed by atoms with E-state index in [4.69, 9.17) is 0 Å². The minimum Gasteiger partial charge on any atom is -0.545 e. The number of para-hydroxylation sites is 1. The smallest absolute Gasteiger partial charge is 0.264 e. The van der Waals surface area contributed by atoms with Crippen LogP contribution in [0.1, 0.15) is 22.8 Å². The van der Waals surface area contributed by atoms with Crippen LogP contribution >= 0.6 is 15.9 Å². The molecule has 120 valence electrons. The number of hydrogen-bond acceptors (Lipinski definition) is 4. The number of carboxylic acids is 1. The van der Waals surface area contributed by atoms with Crippen LogP contribution in [0, 0.1) is 0 Å². The summed E-state index contributed by atoms with van der Waals surface area (Å²) in [7, 11) is -3.85. The van der Waals surface area contributed by atoms with Crippen LogP contribution in [0.4, 0.5) is 5.69 Å². The number of carbonyl (C=O) groups excluding carboxylic acids is 1. The Morgan fingerprint density at radius 1 is 1.26 bits per heavy atom. The number of halogens is 1. The molecule has 0 amide bonds. The number of hydrogen-bond donors (Lipinski definition) is 0. The van der Waals surface area contributed by atoms with Gasteiger partial charge < -0.3 is 9.90 Å². The number of carboxylic acid groups (broad SMARTS) is 1. The highest BCUT2D eigenvalue weighted by molar-refractivity contribution is 9.10. The van der Waals surface area contributed by atoms with Gasteiger partial charge in [0.1, 0.15) is 0 Å². The Balaban J connectivity index is 2.13. The van der Waals surface area contributed by atoms with Gasteiger partial charge in [0, 0.05) is 16.1 Å². The summed E-state index contributed by atoms with van der Waals surface area (Å²) in [5.74, 6) is -1.43. The molecule has 0 aromatic heterocycles. The van der Waals surface area contributed by atoms with Crippen LogP contribution in [-0.2, 0) is 16.4 Å². The summed E-state index contributed by atoms with van der Waals surface area (Å²) in [5, 5.41) is 11.1. The third-order valence-corrected chi connectivity index (χ3v) is 6.47. The Morgan fingerprint density at radius 3 is 2.65 bits per heavy atom. The minimum absolute atomic E-state index is 0.0662. The maximum absolute atomic E-state index is 13.0. The lowest BCUT2D eigenvalue weighted by molar-refractivity contribution is -0.255. The topological polar surface area (TPSA) is 77.5 Å². The van der Waals surface area contributed by atoms with Crippen molar-refractivity contribution >= 4 is 37.6 Å². The second-order valence-electron chi connectivity index (χ2n) is 5.41. The van der Waals surface area contributed by atoms with E-state index in [1.807, 2.05) is 19.1 Å². The standard InChI is InChI=1S/C16H14BrNO4S/c1-10-8-11-4-2-3-5-15(11)18(10)23(21,22)12-6-7-14(17)13(9-12)16(19)20/h2-7,9-10H,8H2,1H3,(H,19,20)/p-1/t10-/m1/s1. The summed E-state index contributed by atoms with van der Waals surface area (Å²) < 4.78 is 27.6. The zero-order chi connectivity index (χ0) is 16.8. The predicted molar refractivity (Wildman–Crippen MR) is 87.7 cm³/mol. The maximum atomic E-state index is 13.0. The number of anilines is 1. The molecule has 3 rings (SSSR count). The second-order valence-corrected chi connectivity index (χ2v) is 8.08. The first-order chi connectivity index (χ1) is 10.8. The number of benzene rings is 2. The van der Waals surface area contributed by atoms with Gasteiger partial charge in [-0.3, -0.25) is 4.31 Å². The van der Waals surface area contributed by atoms with E-state index in [2.05, 4.69) is 15.9 Å². The number of carbonyl (C=O) groups is 1. The largest absolute Gasteiger partial charge is 0.545 e. The number of fused-ring (bicyclic) bond motifs is 1. The molecule has 1 atom stereocenters. The van der Waals surface area contributed by atoms with E-state index in [-0.39, 0.29) is 21.0 Å². The van der Waals surface area contributed by atoms with Crippen molar-refractivity contribution < 1.29 is 18.3 Å². The lowest BCUT2D eigenvalue weighted by Crippen LogP contribution is -2.36. The fourth-order valence-electron chi connectivity index (χ4n) is 2.84. The van der Waals surface area contributed by atoms with E-state index in [0.717, 1.165) is 11.6 Å². The van der Waals surface area contributed by atoms with Gasteiger partial charge in [-0.25, -0.2) is 8.42 Å². The average Bonchev–Trinajstić information content (AvgIpc) is 2.83. The molecule has 1 heterocycles. The van der Waals surface area contributed by atoms with Gasteiger partial charge in [0.2, 0.25) is 0 Å². The molecule has 2 aromatic rings. The van der Waals surface area contributed by atoms with Crippen LogP contribution in [0.5, 0.6) is 0 Å². The van der Waals surface area contributed by atoms with Gasteiger partial charge in [-0.2, -0.15) is 0 Å². The number of aromatic carboxylic acids is 1. The third kappa shape index (κ3) is 2.64. The van der Waals surface area contributed by atoms with Crippen molar-refractivity contribution in [2.45, 2.75) is 24.3 Å². The molecule has 0 aliphatic carbocycles. The predicted octanol–water partition coefficient (Wildman–Crippen LogP) is 1.95. The highest BCUT2D eigenvalue weighted by Crippen LogP contribution is 2.37. The van der Waals surface area contributed by atoms with E-state index in [1.165, 1.54) is 16.4 Å². The molecule has 0 saturated heterocycles. The molecule has 2 aromatic carbocycles. The first-order valence-corrected chi connectivity index (χ1v) is 9.19. The fourth-order valence-corrected chi connectivity index (χ4v) is 4.97. The molecule has 5 nitrogen and oxygen atoms in total. The molecule has 23 heavy (non-hydrogen) atoms. The van der Waals surface area contributed by atoms with Gasteiger partial charge in [0.25, 0.3) is 10.0 Å². The van der Waals surface area contributed by atoms with E-state index < -0.39 is 16.0 Å². The molecule has 0 radical (unpaired) electrons. The quantitative estimate of drug-likeness (QED) is 0.796. The van der Waals surface area contributed by atoms with Crippen molar-refractivity contribution in [2.24, 2.45) is 0 Å². The Labute approximate surface area is 142 Å². The van der Waals surface area contributed by atoms with Crippen LogP contribution < -0.4 is 9.41 Å². The summed E-state index contributed by atoms with van der Waals surface area (Å²) in [5.41, 5.74) is 1.41. The normalized spacial score (nSPS) is 17.1. The highest BCUT2D eigenvalue weighted by atomic mass is 79.9. The van der Waals surface area contributed by atoms with Crippen LogP contribution in [0.2, 0.25) is 0 Å². The first-order valence-electron chi connectivity index (χ1n) is 6.95. The van der Waals surface area contributed by atoms with E-state index in [0.29, 0.717) is 12.1 Å². The molecule has 1 aliphatic rings. The van der Waals surface area contributed by atoms with Crippen LogP contribution in [-0.4, -0.2) is 20.4 Å². The molecule has 0 spiro atoms. The molecular weight excluding hydrogens is 382 g/mol. The zero-order valence-corrected chi connectivity index (χ0v) is 14.6. The Bertz CT molecular complexity index is 895. The summed E-state index contributed by atoms with van der Waals surface area (Å²) in [6, 6.07) is 11.0. The number of sulfonamides is 1. The summed E-state index contributed by atoms with van der Waals surface area (Å²) >= 11 is 3.09. The maximum Gasteiger partial charge on any atom is 0.264 e. The van der Waals surface area contributed by atoms with Crippen molar-refractivity contribution in [3.63, 3.8) is 0 Å². The van der Waals surface area contributed by atoms with Crippen molar-refractivity contribution in [3.05, 3.63) is 58.1 Å². The SMILES string of the molecule is C[C@@H]1Cc2ccccc2N1S(=O)(=O)c1ccc(Br)c(C(=O)[O-])c1. The molecule has 0 unspecified atom stereocenters.